The molecular weight excluding hydrogens is 240 g/mol. The van der Waals surface area contributed by atoms with Gasteiger partial charge in [0.25, 0.3) is 0 Å². The minimum Gasteiger partial charge on any atom is -0.351 e. The lowest BCUT2D eigenvalue weighted by Crippen LogP contribution is -2.39. The molecule has 0 bridgehead atoms. The smallest absolute Gasteiger partial charge is 0.0359 e. The molecule has 1 N–H and O–H groups in total. The molecule has 1 aromatic heterocycles. The predicted molar refractivity (Wildman–Crippen MR) is 81.1 cm³/mol. The highest BCUT2D eigenvalue weighted by molar-refractivity contribution is 8.00. The minimum absolute atomic E-state index is 0.502. The zero-order chi connectivity index (χ0) is 12.8. The normalized spacial score (nSPS) is 19.0. The molecule has 1 aliphatic carbocycles. The molecule has 0 amide bonds. The van der Waals surface area contributed by atoms with Crippen LogP contribution in [-0.4, -0.2) is 22.1 Å². The maximum absolute atomic E-state index is 3.68. The summed E-state index contributed by atoms with van der Waals surface area (Å²) in [6.07, 6.45) is 11.5. The molecule has 0 aromatic carbocycles. The van der Waals surface area contributed by atoms with E-state index in [0.717, 1.165) is 19.6 Å². The monoisotopic (exact) mass is 266 g/mol. The molecule has 1 aromatic rings. The molecule has 1 saturated carbocycles. The highest BCUT2D eigenvalue weighted by Crippen LogP contribution is 2.37. The van der Waals surface area contributed by atoms with Crippen molar-refractivity contribution in [3.05, 3.63) is 24.0 Å². The van der Waals surface area contributed by atoms with Gasteiger partial charge in [-0.3, -0.25) is 0 Å². The van der Waals surface area contributed by atoms with E-state index in [2.05, 4.69) is 53.2 Å². The van der Waals surface area contributed by atoms with E-state index in [1.165, 1.54) is 37.8 Å². The summed E-state index contributed by atoms with van der Waals surface area (Å²) in [4.78, 5) is 0. The number of aromatic nitrogens is 1. The SMILES string of the molecule is CCn1cccc1CNCC1(SC)CCCCC1. The fourth-order valence-electron chi connectivity index (χ4n) is 2.99. The van der Waals surface area contributed by atoms with Crippen LogP contribution in [0.1, 0.15) is 44.7 Å². The third-order valence-corrected chi connectivity index (χ3v) is 5.63. The fourth-order valence-corrected chi connectivity index (χ4v) is 3.93. The number of aryl methyl sites for hydroxylation is 1. The zero-order valence-corrected chi connectivity index (χ0v) is 12.6. The average Bonchev–Trinajstić information content (AvgIpc) is 2.87. The summed E-state index contributed by atoms with van der Waals surface area (Å²) >= 11 is 2.07. The molecule has 2 nitrogen and oxygen atoms in total. The Balaban J connectivity index is 1.83. The lowest BCUT2D eigenvalue weighted by Gasteiger charge is -2.36. The van der Waals surface area contributed by atoms with E-state index in [9.17, 15) is 0 Å². The highest BCUT2D eigenvalue weighted by Gasteiger charge is 2.30. The molecule has 1 fully saturated rings. The van der Waals surface area contributed by atoms with Gasteiger partial charge in [0.05, 0.1) is 0 Å². The predicted octanol–water partition coefficient (Wildman–Crippen LogP) is 3.66. The largest absolute Gasteiger partial charge is 0.351 e. The summed E-state index contributed by atoms with van der Waals surface area (Å²) < 4.78 is 2.82. The second-order valence-electron chi connectivity index (χ2n) is 5.34. The van der Waals surface area contributed by atoms with Crippen LogP contribution >= 0.6 is 11.8 Å². The van der Waals surface area contributed by atoms with Gasteiger partial charge < -0.3 is 9.88 Å². The van der Waals surface area contributed by atoms with Gasteiger partial charge in [-0.25, -0.2) is 0 Å². The van der Waals surface area contributed by atoms with E-state index in [0.29, 0.717) is 4.75 Å². The van der Waals surface area contributed by atoms with E-state index < -0.39 is 0 Å². The summed E-state index contributed by atoms with van der Waals surface area (Å²) in [5, 5.41) is 3.68. The van der Waals surface area contributed by atoms with Gasteiger partial charge in [-0.2, -0.15) is 11.8 Å². The van der Waals surface area contributed by atoms with Crippen molar-refractivity contribution in [2.24, 2.45) is 0 Å². The first-order valence-corrected chi connectivity index (χ1v) is 8.42. The second kappa shape index (κ2) is 6.67. The first kappa shape index (κ1) is 14.0. The Kier molecular flexibility index (Phi) is 5.19. The van der Waals surface area contributed by atoms with Gasteiger partial charge >= 0.3 is 0 Å². The van der Waals surface area contributed by atoms with Crippen LogP contribution in [0.5, 0.6) is 0 Å². The highest BCUT2D eigenvalue weighted by atomic mass is 32.2. The van der Waals surface area contributed by atoms with Crippen LogP contribution in [0.25, 0.3) is 0 Å². The van der Waals surface area contributed by atoms with E-state index in [4.69, 9.17) is 0 Å². The van der Waals surface area contributed by atoms with Gasteiger partial charge in [0.1, 0.15) is 0 Å². The third kappa shape index (κ3) is 3.33. The molecule has 0 saturated heterocycles. The van der Waals surface area contributed by atoms with Crippen LogP contribution in [0, 0.1) is 0 Å². The fraction of sp³-hybridized carbons (Fsp3) is 0.733. The van der Waals surface area contributed by atoms with Crippen LogP contribution in [0.2, 0.25) is 0 Å². The summed E-state index contributed by atoms with van der Waals surface area (Å²) in [6.45, 7) is 5.43. The van der Waals surface area contributed by atoms with E-state index >= 15 is 0 Å². The maximum Gasteiger partial charge on any atom is 0.0359 e. The summed E-state index contributed by atoms with van der Waals surface area (Å²) in [7, 11) is 0. The maximum atomic E-state index is 3.68. The van der Waals surface area contributed by atoms with Crippen molar-refractivity contribution in [1.29, 1.82) is 0 Å². The number of nitrogens with one attached hydrogen (secondary N) is 1. The Labute approximate surface area is 116 Å². The first-order valence-electron chi connectivity index (χ1n) is 7.19. The Morgan fingerprint density at radius 3 is 2.78 bits per heavy atom. The topological polar surface area (TPSA) is 17.0 Å². The van der Waals surface area contributed by atoms with Gasteiger partial charge in [0.15, 0.2) is 0 Å². The van der Waals surface area contributed by atoms with Crippen molar-refractivity contribution in [2.75, 3.05) is 12.8 Å². The van der Waals surface area contributed by atoms with E-state index in [-0.39, 0.29) is 0 Å². The Hall–Kier alpha value is -0.410. The second-order valence-corrected chi connectivity index (χ2v) is 6.61. The van der Waals surface area contributed by atoms with Gasteiger partial charge in [-0.1, -0.05) is 19.3 Å². The molecule has 3 heteroatoms. The van der Waals surface area contributed by atoms with Crippen LogP contribution < -0.4 is 5.32 Å². The van der Waals surface area contributed by atoms with Crippen molar-refractivity contribution in [3.8, 4) is 0 Å². The van der Waals surface area contributed by atoms with Crippen molar-refractivity contribution < 1.29 is 0 Å². The standard InChI is InChI=1S/C15H26N2S/c1-3-17-11-7-8-14(17)12-16-13-15(18-2)9-5-4-6-10-15/h7-8,11,16H,3-6,9-10,12-13H2,1-2H3. The molecule has 0 spiro atoms. The summed E-state index contributed by atoms with van der Waals surface area (Å²) in [5.41, 5.74) is 1.41. The van der Waals surface area contributed by atoms with Crippen LogP contribution in [0.4, 0.5) is 0 Å². The third-order valence-electron chi connectivity index (χ3n) is 4.22. The lowest BCUT2D eigenvalue weighted by molar-refractivity contribution is 0.378. The number of rotatable bonds is 6. The van der Waals surface area contributed by atoms with Gasteiger partial charge in [-0.15, -0.1) is 0 Å². The van der Waals surface area contributed by atoms with Crippen LogP contribution in [-0.2, 0) is 13.1 Å². The molecular formula is C15H26N2S. The Bertz CT molecular complexity index is 353. The Morgan fingerprint density at radius 1 is 1.33 bits per heavy atom. The molecule has 2 rings (SSSR count). The molecule has 102 valence electrons. The Morgan fingerprint density at radius 2 is 2.11 bits per heavy atom. The molecule has 1 aliphatic rings. The number of thioether (sulfide) groups is 1. The zero-order valence-electron chi connectivity index (χ0n) is 11.7. The summed E-state index contributed by atoms with van der Waals surface area (Å²) in [5.74, 6) is 0. The van der Waals surface area contributed by atoms with Crippen LogP contribution in [0.3, 0.4) is 0 Å². The quantitative estimate of drug-likeness (QED) is 0.846. The molecule has 0 unspecified atom stereocenters. The molecule has 1 heterocycles. The van der Waals surface area contributed by atoms with E-state index in [1.54, 1.807) is 0 Å². The van der Waals surface area contributed by atoms with E-state index in [1.807, 2.05) is 0 Å². The molecule has 0 atom stereocenters. The van der Waals surface area contributed by atoms with Gasteiger partial charge in [0, 0.05) is 36.3 Å². The molecule has 0 radical (unpaired) electrons. The first-order chi connectivity index (χ1) is 8.79. The lowest BCUT2D eigenvalue weighted by atomic mass is 9.88. The summed E-state index contributed by atoms with van der Waals surface area (Å²) in [6, 6.07) is 4.37. The number of hydrogen-bond donors (Lipinski definition) is 1. The van der Waals surface area contributed by atoms with Crippen LogP contribution in [0.15, 0.2) is 18.3 Å². The van der Waals surface area contributed by atoms with Gasteiger partial charge in [0.2, 0.25) is 0 Å². The van der Waals surface area contributed by atoms with Crippen molar-refractivity contribution in [1.82, 2.24) is 9.88 Å². The number of hydrogen-bond acceptors (Lipinski definition) is 2. The van der Waals surface area contributed by atoms with Crippen molar-refractivity contribution in [2.45, 2.75) is 56.9 Å². The van der Waals surface area contributed by atoms with Gasteiger partial charge in [-0.05, 0) is 38.2 Å². The van der Waals surface area contributed by atoms with Crippen molar-refractivity contribution in [3.63, 3.8) is 0 Å². The molecule has 18 heavy (non-hydrogen) atoms. The van der Waals surface area contributed by atoms with Crippen molar-refractivity contribution >= 4 is 11.8 Å². The molecule has 0 aliphatic heterocycles. The minimum atomic E-state index is 0.502. The average molecular weight is 266 g/mol. The number of nitrogens with zero attached hydrogens (tertiary/aromatic N) is 1.